The van der Waals surface area contributed by atoms with Crippen LogP contribution in [0.1, 0.15) is 290 Å². The molecule has 0 spiro atoms. The lowest BCUT2D eigenvalue weighted by Crippen LogP contribution is -2.45. The van der Waals surface area contributed by atoms with Crippen LogP contribution in [0.2, 0.25) is 0 Å². The molecule has 2 atom stereocenters. The van der Waals surface area contributed by atoms with E-state index in [2.05, 4.69) is 43.5 Å². The van der Waals surface area contributed by atoms with Gasteiger partial charge in [-0.25, -0.2) is 0 Å². The number of unbranched alkanes of at least 4 members (excludes halogenated alkanes) is 36. The van der Waals surface area contributed by atoms with Crippen LogP contribution in [0.5, 0.6) is 0 Å². The summed E-state index contributed by atoms with van der Waals surface area (Å²) in [4.78, 5) is 24.5. The van der Waals surface area contributed by atoms with Crippen molar-refractivity contribution in [1.29, 1.82) is 0 Å². The smallest absolute Gasteiger partial charge is 0.305 e. The molecule has 0 bridgehead atoms. The lowest BCUT2D eigenvalue weighted by molar-refractivity contribution is -0.143. The molecule has 0 rings (SSSR count). The topological polar surface area (TPSA) is 95.9 Å². The van der Waals surface area contributed by atoms with Gasteiger partial charge >= 0.3 is 5.97 Å². The van der Waals surface area contributed by atoms with Crippen molar-refractivity contribution in [3.05, 3.63) is 36.5 Å². The standard InChI is InChI=1S/C57H107NO5/c1-3-5-7-9-11-13-15-17-19-20-21-23-25-29-33-37-41-45-49-55(60)54(53-59)58-56(61)50-46-42-38-34-30-26-24-28-32-36-40-44-48-52-63-57(62)51-47-43-39-35-31-27-22-18-16-14-12-10-8-6-4-2/h18,22,26,30,45,49,54-55,59-60H,3-17,19-21,23-25,27-29,31-44,46-48,50-53H2,1-2H3,(H,58,61)/b22-18-,30-26-,49-45+. The molecule has 0 aromatic carbocycles. The van der Waals surface area contributed by atoms with Gasteiger partial charge in [0, 0.05) is 12.8 Å². The summed E-state index contributed by atoms with van der Waals surface area (Å²) in [6.07, 6.45) is 64.4. The van der Waals surface area contributed by atoms with Crippen molar-refractivity contribution in [2.75, 3.05) is 13.2 Å². The highest BCUT2D eigenvalue weighted by molar-refractivity contribution is 5.76. The number of hydrogen-bond donors (Lipinski definition) is 3. The van der Waals surface area contributed by atoms with Gasteiger partial charge in [0.2, 0.25) is 5.91 Å². The number of aliphatic hydroxyl groups excluding tert-OH is 2. The van der Waals surface area contributed by atoms with Crippen LogP contribution >= 0.6 is 0 Å². The second-order valence-electron chi connectivity index (χ2n) is 18.9. The van der Waals surface area contributed by atoms with Crippen molar-refractivity contribution in [2.45, 2.75) is 302 Å². The molecule has 0 saturated heterocycles. The van der Waals surface area contributed by atoms with Crippen LogP contribution in [-0.4, -0.2) is 47.4 Å². The molecular formula is C57H107NO5. The quantitative estimate of drug-likeness (QED) is 0.0321. The first-order valence-corrected chi connectivity index (χ1v) is 27.8. The van der Waals surface area contributed by atoms with Gasteiger partial charge in [0.1, 0.15) is 0 Å². The summed E-state index contributed by atoms with van der Waals surface area (Å²) in [5.74, 6) is -0.119. The molecule has 3 N–H and O–H groups in total. The first-order valence-electron chi connectivity index (χ1n) is 27.8. The van der Waals surface area contributed by atoms with Gasteiger partial charge in [-0.15, -0.1) is 0 Å². The summed E-state index contributed by atoms with van der Waals surface area (Å²) < 4.78 is 5.46. The molecule has 0 aromatic heterocycles. The Morgan fingerprint density at radius 1 is 0.429 bits per heavy atom. The third-order valence-corrected chi connectivity index (χ3v) is 12.6. The van der Waals surface area contributed by atoms with Crippen molar-refractivity contribution >= 4 is 11.9 Å². The Bertz CT molecular complexity index is 1020. The molecule has 1 amide bonds. The minimum absolute atomic E-state index is 0.0221. The molecule has 2 unspecified atom stereocenters. The highest BCUT2D eigenvalue weighted by Crippen LogP contribution is 2.16. The van der Waals surface area contributed by atoms with Crippen LogP contribution in [-0.2, 0) is 14.3 Å². The number of nitrogens with one attached hydrogen (secondary N) is 1. The molecule has 0 radical (unpaired) electrons. The summed E-state index contributed by atoms with van der Waals surface area (Å²) in [5, 5.41) is 23.1. The molecule has 0 saturated carbocycles. The number of ether oxygens (including phenoxy) is 1. The first kappa shape index (κ1) is 61.1. The SMILES string of the molecule is CCCCCCCC/C=C\CCCCCCCC(=O)OCCCCCCCC/C=C\CCCCCC(=O)NC(CO)C(O)/C=C/CCCCCCCCCCCCCCCCCC. The fraction of sp³-hybridized carbons (Fsp3) is 0.860. The number of amides is 1. The molecule has 0 aliphatic rings. The van der Waals surface area contributed by atoms with Gasteiger partial charge in [0.05, 0.1) is 25.4 Å². The Hall–Kier alpha value is -1.92. The van der Waals surface area contributed by atoms with E-state index in [0.29, 0.717) is 19.4 Å². The van der Waals surface area contributed by atoms with E-state index in [9.17, 15) is 19.8 Å². The van der Waals surface area contributed by atoms with Crippen LogP contribution in [0, 0.1) is 0 Å². The summed E-state index contributed by atoms with van der Waals surface area (Å²) in [6, 6.07) is -0.649. The molecule has 63 heavy (non-hydrogen) atoms. The van der Waals surface area contributed by atoms with Crippen molar-refractivity contribution in [1.82, 2.24) is 5.32 Å². The normalized spacial score (nSPS) is 12.9. The predicted octanol–water partition coefficient (Wildman–Crippen LogP) is 16.9. The highest BCUT2D eigenvalue weighted by atomic mass is 16.5. The molecule has 0 fully saturated rings. The van der Waals surface area contributed by atoms with Crippen LogP contribution in [0.4, 0.5) is 0 Å². The lowest BCUT2D eigenvalue weighted by Gasteiger charge is -2.19. The van der Waals surface area contributed by atoms with E-state index >= 15 is 0 Å². The monoisotopic (exact) mass is 886 g/mol. The Labute approximate surface area is 392 Å². The van der Waals surface area contributed by atoms with E-state index in [-0.39, 0.29) is 18.5 Å². The lowest BCUT2D eigenvalue weighted by atomic mass is 10.0. The van der Waals surface area contributed by atoms with Crippen LogP contribution in [0.3, 0.4) is 0 Å². The van der Waals surface area contributed by atoms with E-state index < -0.39 is 12.1 Å². The van der Waals surface area contributed by atoms with Gasteiger partial charge < -0.3 is 20.3 Å². The van der Waals surface area contributed by atoms with Gasteiger partial charge in [-0.3, -0.25) is 9.59 Å². The van der Waals surface area contributed by atoms with Crippen LogP contribution in [0.15, 0.2) is 36.5 Å². The molecule has 0 aliphatic carbocycles. The second-order valence-corrected chi connectivity index (χ2v) is 18.9. The van der Waals surface area contributed by atoms with Gasteiger partial charge in [-0.2, -0.15) is 0 Å². The Morgan fingerprint density at radius 3 is 1.14 bits per heavy atom. The van der Waals surface area contributed by atoms with Gasteiger partial charge in [-0.1, -0.05) is 230 Å². The number of allylic oxidation sites excluding steroid dienone is 5. The zero-order valence-electron chi connectivity index (χ0n) is 42.1. The Balaban J connectivity index is 3.54. The largest absolute Gasteiger partial charge is 0.466 e. The maximum atomic E-state index is 12.4. The van der Waals surface area contributed by atoms with Crippen molar-refractivity contribution in [2.24, 2.45) is 0 Å². The van der Waals surface area contributed by atoms with E-state index in [0.717, 1.165) is 70.6 Å². The average Bonchev–Trinajstić information content (AvgIpc) is 3.28. The highest BCUT2D eigenvalue weighted by Gasteiger charge is 2.18. The Morgan fingerprint density at radius 2 is 0.746 bits per heavy atom. The molecule has 6 nitrogen and oxygen atoms in total. The van der Waals surface area contributed by atoms with E-state index in [4.69, 9.17) is 4.74 Å². The maximum Gasteiger partial charge on any atom is 0.305 e. The summed E-state index contributed by atoms with van der Waals surface area (Å²) in [5.41, 5.74) is 0. The second kappa shape index (κ2) is 52.7. The van der Waals surface area contributed by atoms with Gasteiger partial charge in [-0.05, 0) is 83.5 Å². The fourth-order valence-electron chi connectivity index (χ4n) is 8.33. The van der Waals surface area contributed by atoms with E-state index in [1.165, 1.54) is 193 Å². The van der Waals surface area contributed by atoms with Gasteiger partial charge in [0.25, 0.3) is 0 Å². The number of carbonyl (C=O) groups is 2. The van der Waals surface area contributed by atoms with E-state index in [1.54, 1.807) is 6.08 Å². The minimum atomic E-state index is -0.862. The number of rotatable bonds is 51. The Kier molecular flexibility index (Phi) is 51.1. The number of esters is 1. The molecule has 6 heteroatoms. The van der Waals surface area contributed by atoms with Crippen LogP contribution in [0.25, 0.3) is 0 Å². The molecular weight excluding hydrogens is 779 g/mol. The fourth-order valence-corrected chi connectivity index (χ4v) is 8.33. The minimum Gasteiger partial charge on any atom is -0.466 e. The summed E-state index contributed by atoms with van der Waals surface area (Å²) >= 11 is 0. The molecule has 0 heterocycles. The number of aliphatic hydroxyl groups is 2. The van der Waals surface area contributed by atoms with Crippen molar-refractivity contribution in [3.63, 3.8) is 0 Å². The third kappa shape index (κ3) is 49.4. The van der Waals surface area contributed by atoms with E-state index in [1.807, 2.05) is 6.08 Å². The van der Waals surface area contributed by atoms with Crippen molar-refractivity contribution < 1.29 is 24.5 Å². The average molecular weight is 886 g/mol. The maximum absolute atomic E-state index is 12.4. The van der Waals surface area contributed by atoms with Gasteiger partial charge in [0.15, 0.2) is 0 Å². The molecule has 0 aromatic rings. The molecule has 370 valence electrons. The zero-order chi connectivity index (χ0) is 45.8. The first-order chi connectivity index (χ1) is 31.0. The number of carbonyl (C=O) groups excluding carboxylic acids is 2. The zero-order valence-corrected chi connectivity index (χ0v) is 42.1. The van der Waals surface area contributed by atoms with Crippen LogP contribution < -0.4 is 5.32 Å². The predicted molar refractivity (Wildman–Crippen MR) is 273 cm³/mol. The van der Waals surface area contributed by atoms with Crippen molar-refractivity contribution in [3.8, 4) is 0 Å². The third-order valence-electron chi connectivity index (χ3n) is 12.6. The number of hydrogen-bond acceptors (Lipinski definition) is 5. The molecule has 0 aliphatic heterocycles. The summed E-state index contributed by atoms with van der Waals surface area (Å²) in [6.45, 7) is 4.86. The summed E-state index contributed by atoms with van der Waals surface area (Å²) in [7, 11) is 0.